The van der Waals surface area contributed by atoms with Crippen LogP contribution in [0.15, 0.2) is 48.8 Å². The lowest BCUT2D eigenvalue weighted by atomic mass is 10.0. The molecule has 1 amide bonds. The van der Waals surface area contributed by atoms with Gasteiger partial charge in [-0.15, -0.1) is 0 Å². The minimum absolute atomic E-state index is 0.0511. The van der Waals surface area contributed by atoms with E-state index in [1.807, 2.05) is 48.4 Å². The number of nitrogens with zero attached hydrogens (tertiary/aromatic N) is 5. The number of aromatic nitrogens is 5. The van der Waals surface area contributed by atoms with Crippen molar-refractivity contribution in [2.24, 2.45) is 0 Å². The maximum atomic E-state index is 13.3. The summed E-state index contributed by atoms with van der Waals surface area (Å²) in [4.78, 5) is 23.8. The van der Waals surface area contributed by atoms with Gasteiger partial charge >= 0.3 is 0 Å². The summed E-state index contributed by atoms with van der Waals surface area (Å²) in [6.45, 7) is 3.32. The molecule has 3 aromatic heterocycles. The second-order valence-corrected chi connectivity index (χ2v) is 7.04. The highest BCUT2D eigenvalue weighted by molar-refractivity contribution is 5.94. The molecule has 1 N–H and O–H groups in total. The van der Waals surface area contributed by atoms with E-state index in [4.69, 9.17) is 4.74 Å². The molecular weight excluding hydrogens is 368 g/mol. The summed E-state index contributed by atoms with van der Waals surface area (Å²) >= 11 is 0. The van der Waals surface area contributed by atoms with Crippen LogP contribution >= 0.6 is 0 Å². The van der Waals surface area contributed by atoms with E-state index in [-0.39, 0.29) is 5.91 Å². The molecule has 1 aliphatic heterocycles. The Hall–Kier alpha value is -3.68. The van der Waals surface area contributed by atoms with Crippen LogP contribution in [0.5, 0.6) is 5.75 Å². The number of ether oxygens (including phenoxy) is 1. The predicted octanol–water partition coefficient (Wildman–Crippen LogP) is 2.54. The van der Waals surface area contributed by atoms with E-state index >= 15 is 0 Å². The molecule has 146 valence electrons. The summed E-state index contributed by atoms with van der Waals surface area (Å²) in [7, 11) is 0. The van der Waals surface area contributed by atoms with Crippen LogP contribution < -0.4 is 4.74 Å². The van der Waals surface area contributed by atoms with Gasteiger partial charge in [-0.2, -0.15) is 5.10 Å². The van der Waals surface area contributed by atoms with Gasteiger partial charge in [-0.1, -0.05) is 18.2 Å². The number of hydrogen-bond donors (Lipinski definition) is 1. The number of imidazole rings is 1. The number of para-hydroxylation sites is 1. The Kier molecular flexibility index (Phi) is 4.23. The van der Waals surface area contributed by atoms with Crippen molar-refractivity contribution >= 4 is 11.7 Å². The Bertz CT molecular complexity index is 1180. The van der Waals surface area contributed by atoms with Crippen LogP contribution in [0.25, 0.3) is 5.78 Å². The molecule has 0 radical (unpaired) electrons. The van der Waals surface area contributed by atoms with Gasteiger partial charge in [-0.3, -0.25) is 14.3 Å². The third-order valence-corrected chi connectivity index (χ3v) is 5.21. The molecule has 4 heterocycles. The molecule has 0 spiro atoms. The molecule has 0 atom stereocenters. The molecular formula is C21H20N6O2. The number of benzene rings is 1. The fraction of sp³-hybridized carbons (Fsp3) is 0.238. The number of hydrogen-bond acceptors (Lipinski definition) is 5. The van der Waals surface area contributed by atoms with Gasteiger partial charge in [0.05, 0.1) is 5.69 Å². The van der Waals surface area contributed by atoms with E-state index in [1.165, 1.54) is 0 Å². The van der Waals surface area contributed by atoms with Gasteiger partial charge in [0, 0.05) is 43.2 Å². The molecule has 0 saturated carbocycles. The van der Waals surface area contributed by atoms with Crippen LogP contribution in [0, 0.1) is 6.92 Å². The molecule has 0 bridgehead atoms. The van der Waals surface area contributed by atoms with Crippen molar-refractivity contribution in [3.63, 3.8) is 0 Å². The van der Waals surface area contributed by atoms with Crippen LogP contribution in [0.3, 0.4) is 0 Å². The normalized spacial score (nSPS) is 13.5. The molecule has 1 aliphatic rings. The number of carbonyl (C=O) groups excluding carboxylic acids is 1. The van der Waals surface area contributed by atoms with Gasteiger partial charge in [-0.05, 0) is 25.1 Å². The van der Waals surface area contributed by atoms with Gasteiger partial charge in [0.25, 0.3) is 5.91 Å². The maximum absolute atomic E-state index is 13.3. The van der Waals surface area contributed by atoms with Crippen molar-refractivity contribution in [1.29, 1.82) is 0 Å². The molecule has 29 heavy (non-hydrogen) atoms. The summed E-state index contributed by atoms with van der Waals surface area (Å²) in [5, 5.41) is 7.52. The summed E-state index contributed by atoms with van der Waals surface area (Å²) in [5.41, 5.74) is 4.17. The van der Waals surface area contributed by atoms with Gasteiger partial charge < -0.3 is 9.64 Å². The summed E-state index contributed by atoms with van der Waals surface area (Å²) in [6.07, 6.45) is 4.23. The van der Waals surface area contributed by atoms with Crippen molar-refractivity contribution in [3.8, 4) is 5.75 Å². The Morgan fingerprint density at radius 2 is 2.10 bits per heavy atom. The van der Waals surface area contributed by atoms with Crippen molar-refractivity contribution in [2.75, 3.05) is 6.54 Å². The zero-order valence-electron chi connectivity index (χ0n) is 16.0. The molecule has 8 nitrogen and oxygen atoms in total. The van der Waals surface area contributed by atoms with Crippen LogP contribution in [0.4, 0.5) is 0 Å². The van der Waals surface area contributed by atoms with Crippen LogP contribution in [-0.2, 0) is 19.6 Å². The van der Waals surface area contributed by atoms with Crippen LogP contribution in [-0.4, -0.2) is 41.9 Å². The van der Waals surface area contributed by atoms with E-state index in [9.17, 15) is 4.79 Å². The number of aromatic amines is 1. The first-order chi connectivity index (χ1) is 14.2. The minimum Gasteiger partial charge on any atom is -0.487 e. The quantitative estimate of drug-likeness (QED) is 0.580. The van der Waals surface area contributed by atoms with E-state index in [2.05, 4.69) is 20.2 Å². The largest absolute Gasteiger partial charge is 0.487 e. The van der Waals surface area contributed by atoms with Crippen molar-refractivity contribution in [3.05, 3.63) is 77.1 Å². The van der Waals surface area contributed by atoms with Gasteiger partial charge in [-0.25, -0.2) is 9.97 Å². The highest BCUT2D eigenvalue weighted by atomic mass is 16.5. The molecule has 4 aromatic rings. The van der Waals surface area contributed by atoms with Crippen molar-refractivity contribution < 1.29 is 9.53 Å². The Balaban J connectivity index is 1.38. The average Bonchev–Trinajstić information content (AvgIpc) is 3.31. The Morgan fingerprint density at radius 3 is 2.97 bits per heavy atom. The second kappa shape index (κ2) is 7.05. The number of H-pyrrole nitrogens is 1. The molecule has 0 aliphatic carbocycles. The van der Waals surface area contributed by atoms with Crippen molar-refractivity contribution in [2.45, 2.75) is 26.5 Å². The fourth-order valence-electron chi connectivity index (χ4n) is 3.72. The predicted molar refractivity (Wildman–Crippen MR) is 106 cm³/mol. The highest BCUT2D eigenvalue weighted by Crippen LogP contribution is 2.24. The number of fused-ring (bicyclic) bond motifs is 2. The Labute approximate surface area is 167 Å². The number of aryl methyl sites for hydroxylation is 1. The lowest BCUT2D eigenvalue weighted by molar-refractivity contribution is 0.0725. The maximum Gasteiger partial charge on any atom is 0.273 e. The number of amides is 1. The third-order valence-electron chi connectivity index (χ3n) is 5.21. The smallest absolute Gasteiger partial charge is 0.273 e. The first kappa shape index (κ1) is 17.4. The topological polar surface area (TPSA) is 88.4 Å². The number of rotatable bonds is 4. The minimum atomic E-state index is -0.0511. The first-order valence-corrected chi connectivity index (χ1v) is 9.52. The summed E-state index contributed by atoms with van der Waals surface area (Å²) < 4.78 is 7.60. The van der Waals surface area contributed by atoms with Gasteiger partial charge in [0.1, 0.15) is 23.7 Å². The zero-order chi connectivity index (χ0) is 19.8. The molecule has 5 rings (SSSR count). The SMILES string of the molecule is Cc1nc2ncccn2c1C(=O)N1CCc2[nH]nc(COc3ccccc3)c2C1. The second-order valence-electron chi connectivity index (χ2n) is 7.04. The molecule has 1 aromatic carbocycles. The number of nitrogens with one attached hydrogen (secondary N) is 1. The molecule has 0 saturated heterocycles. The zero-order valence-corrected chi connectivity index (χ0v) is 16.0. The van der Waals surface area contributed by atoms with E-state index in [0.717, 1.165) is 29.1 Å². The first-order valence-electron chi connectivity index (χ1n) is 9.52. The number of carbonyl (C=O) groups is 1. The average molecular weight is 388 g/mol. The third kappa shape index (κ3) is 3.12. The highest BCUT2D eigenvalue weighted by Gasteiger charge is 2.29. The van der Waals surface area contributed by atoms with E-state index in [1.54, 1.807) is 16.7 Å². The van der Waals surface area contributed by atoms with Crippen molar-refractivity contribution in [1.82, 2.24) is 29.5 Å². The standard InChI is InChI=1S/C21H20N6O2/c1-14-19(27-10-5-9-22-21(27)23-14)20(28)26-11-8-17-16(12-26)18(25-24-17)13-29-15-6-3-2-4-7-15/h2-7,9-10H,8,11-13H2,1H3,(H,24,25). The molecule has 0 unspecified atom stereocenters. The lowest BCUT2D eigenvalue weighted by Gasteiger charge is -2.27. The summed E-state index contributed by atoms with van der Waals surface area (Å²) in [5.74, 6) is 1.28. The van der Waals surface area contributed by atoms with Gasteiger partial charge in [0.2, 0.25) is 5.78 Å². The lowest BCUT2D eigenvalue weighted by Crippen LogP contribution is -2.37. The molecule has 8 heteroatoms. The summed E-state index contributed by atoms with van der Waals surface area (Å²) in [6, 6.07) is 11.4. The van der Waals surface area contributed by atoms with E-state index in [0.29, 0.717) is 36.9 Å². The van der Waals surface area contributed by atoms with Crippen LogP contribution in [0.1, 0.15) is 33.1 Å². The molecule has 0 fully saturated rings. The fourth-order valence-corrected chi connectivity index (χ4v) is 3.72. The van der Waals surface area contributed by atoms with Gasteiger partial charge in [0.15, 0.2) is 0 Å². The Morgan fingerprint density at radius 1 is 1.24 bits per heavy atom. The van der Waals surface area contributed by atoms with Crippen LogP contribution in [0.2, 0.25) is 0 Å². The monoisotopic (exact) mass is 388 g/mol. The van der Waals surface area contributed by atoms with E-state index < -0.39 is 0 Å².